The Labute approximate surface area is 174 Å². The predicted molar refractivity (Wildman–Crippen MR) is 118 cm³/mol. The molecule has 4 N–H and O–H groups in total. The molecule has 0 bridgehead atoms. The molecule has 4 nitrogen and oxygen atoms in total. The van der Waals surface area contributed by atoms with Crippen LogP contribution in [0, 0.1) is 5.92 Å². The van der Waals surface area contributed by atoms with Crippen molar-refractivity contribution in [2.24, 2.45) is 5.92 Å². The van der Waals surface area contributed by atoms with Crippen molar-refractivity contribution in [1.29, 1.82) is 0 Å². The van der Waals surface area contributed by atoms with Crippen LogP contribution in [0.5, 0.6) is 0 Å². The Balaban J connectivity index is 3.42. The highest BCUT2D eigenvalue weighted by Gasteiger charge is 2.08. The van der Waals surface area contributed by atoms with E-state index in [0.717, 1.165) is 25.7 Å². The maximum atomic E-state index is 9.31. The maximum Gasteiger partial charge on any atom is 0.151 e. The zero-order chi connectivity index (χ0) is 20.7. The van der Waals surface area contributed by atoms with E-state index in [4.69, 9.17) is 15.3 Å². The van der Waals surface area contributed by atoms with Gasteiger partial charge in [0.1, 0.15) is 0 Å². The molecular formula is C24H50O4. The minimum atomic E-state index is -1.13. The predicted octanol–water partition coefficient (Wildman–Crippen LogP) is 5.70. The van der Waals surface area contributed by atoms with E-state index >= 15 is 0 Å². The van der Waals surface area contributed by atoms with Crippen molar-refractivity contribution in [1.82, 2.24) is 0 Å². The van der Waals surface area contributed by atoms with Crippen LogP contribution in [-0.2, 0) is 0 Å². The molecule has 0 aromatic carbocycles. The molecule has 1 unspecified atom stereocenters. The van der Waals surface area contributed by atoms with E-state index in [1.54, 1.807) is 0 Å². The van der Waals surface area contributed by atoms with Crippen LogP contribution in [-0.4, -0.2) is 39.9 Å². The third-order valence-corrected chi connectivity index (χ3v) is 5.88. The summed E-state index contributed by atoms with van der Waals surface area (Å²) in [6.45, 7) is 0.668. The molecular weight excluding hydrogens is 352 g/mol. The lowest BCUT2D eigenvalue weighted by Crippen LogP contribution is -2.03. The lowest BCUT2D eigenvalue weighted by Gasteiger charge is -2.15. The van der Waals surface area contributed by atoms with Crippen molar-refractivity contribution >= 4 is 0 Å². The SMILES string of the molecule is OCCCCCCCCCCC(CCO)CCCCCCCCCCC(O)O. The summed E-state index contributed by atoms with van der Waals surface area (Å²) < 4.78 is 0. The summed E-state index contributed by atoms with van der Waals surface area (Å²) in [5.41, 5.74) is 0. The summed E-state index contributed by atoms with van der Waals surface area (Å²) in [5, 5.41) is 35.7. The Kier molecular flexibility index (Phi) is 23.0. The topological polar surface area (TPSA) is 80.9 Å². The summed E-state index contributed by atoms with van der Waals surface area (Å²) in [5.74, 6) is 0.708. The monoisotopic (exact) mass is 402 g/mol. The lowest BCUT2D eigenvalue weighted by atomic mass is 9.91. The summed E-state index contributed by atoms with van der Waals surface area (Å²) in [7, 11) is 0. The quantitative estimate of drug-likeness (QED) is 0.130. The van der Waals surface area contributed by atoms with Gasteiger partial charge < -0.3 is 20.4 Å². The fourth-order valence-corrected chi connectivity index (χ4v) is 4.04. The van der Waals surface area contributed by atoms with Gasteiger partial charge in [-0.2, -0.15) is 0 Å². The van der Waals surface area contributed by atoms with Crippen molar-refractivity contribution in [2.45, 2.75) is 135 Å². The van der Waals surface area contributed by atoms with Gasteiger partial charge in [-0.05, 0) is 31.6 Å². The van der Waals surface area contributed by atoms with Gasteiger partial charge in [0.2, 0.25) is 0 Å². The van der Waals surface area contributed by atoms with Crippen LogP contribution in [0.3, 0.4) is 0 Å². The molecule has 0 radical (unpaired) electrons. The molecule has 0 spiro atoms. The molecule has 0 aliphatic rings. The van der Waals surface area contributed by atoms with Gasteiger partial charge in [-0.15, -0.1) is 0 Å². The van der Waals surface area contributed by atoms with Gasteiger partial charge in [0, 0.05) is 13.2 Å². The van der Waals surface area contributed by atoms with Gasteiger partial charge in [0.05, 0.1) is 0 Å². The molecule has 0 aliphatic heterocycles. The van der Waals surface area contributed by atoms with Crippen LogP contribution in [0.1, 0.15) is 128 Å². The smallest absolute Gasteiger partial charge is 0.151 e. The molecule has 0 fully saturated rings. The van der Waals surface area contributed by atoms with Crippen LogP contribution in [0.25, 0.3) is 0 Å². The number of hydrogen-bond acceptors (Lipinski definition) is 4. The second-order valence-electron chi connectivity index (χ2n) is 8.61. The van der Waals surface area contributed by atoms with Gasteiger partial charge in [0.15, 0.2) is 6.29 Å². The molecule has 0 aromatic rings. The lowest BCUT2D eigenvalue weighted by molar-refractivity contribution is -0.0466. The van der Waals surface area contributed by atoms with Crippen molar-refractivity contribution < 1.29 is 20.4 Å². The van der Waals surface area contributed by atoms with E-state index in [1.807, 2.05) is 0 Å². The number of rotatable bonds is 23. The maximum absolute atomic E-state index is 9.31. The standard InChI is InChI=1S/C24H50O4/c25-21-16-12-8-4-3-6-10-14-18-23(20-22-26)17-13-9-5-1-2-7-11-15-19-24(27)28/h23-28H,1-22H2. The highest BCUT2D eigenvalue weighted by molar-refractivity contribution is 4.61. The number of unbranched alkanes of at least 4 members (excludes halogenated alkanes) is 14. The molecule has 0 rings (SSSR count). The molecule has 170 valence electrons. The molecule has 0 saturated heterocycles. The minimum absolute atomic E-state index is 0.331. The second kappa shape index (κ2) is 23.1. The van der Waals surface area contributed by atoms with E-state index in [-0.39, 0.29) is 0 Å². The van der Waals surface area contributed by atoms with Gasteiger partial charge in [0.25, 0.3) is 0 Å². The summed E-state index contributed by atoms with van der Waals surface area (Å²) in [4.78, 5) is 0. The van der Waals surface area contributed by atoms with Crippen LogP contribution in [0.4, 0.5) is 0 Å². The van der Waals surface area contributed by atoms with E-state index in [1.165, 1.54) is 96.3 Å². The molecule has 0 aromatic heterocycles. The van der Waals surface area contributed by atoms with E-state index in [9.17, 15) is 5.11 Å². The Morgan fingerprint density at radius 3 is 1.07 bits per heavy atom. The van der Waals surface area contributed by atoms with Gasteiger partial charge >= 0.3 is 0 Å². The Morgan fingerprint density at radius 2 is 0.714 bits per heavy atom. The average Bonchev–Trinajstić information content (AvgIpc) is 2.67. The van der Waals surface area contributed by atoms with Gasteiger partial charge in [-0.25, -0.2) is 0 Å². The minimum Gasteiger partial charge on any atom is -0.396 e. The van der Waals surface area contributed by atoms with E-state index < -0.39 is 6.29 Å². The zero-order valence-electron chi connectivity index (χ0n) is 18.5. The zero-order valence-corrected chi connectivity index (χ0v) is 18.5. The summed E-state index contributed by atoms with van der Waals surface area (Å²) in [6, 6.07) is 0. The largest absolute Gasteiger partial charge is 0.396 e. The Morgan fingerprint density at radius 1 is 0.357 bits per heavy atom. The first-order chi connectivity index (χ1) is 13.7. The van der Waals surface area contributed by atoms with E-state index in [0.29, 0.717) is 25.6 Å². The molecule has 0 aliphatic carbocycles. The highest BCUT2D eigenvalue weighted by atomic mass is 16.5. The number of aliphatic hydroxyl groups is 4. The molecule has 1 atom stereocenters. The Bertz CT molecular complexity index is 284. The van der Waals surface area contributed by atoms with Gasteiger partial charge in [-0.1, -0.05) is 103 Å². The molecule has 0 amide bonds. The summed E-state index contributed by atoms with van der Waals surface area (Å²) in [6.07, 6.45) is 22.6. The fraction of sp³-hybridized carbons (Fsp3) is 1.00. The average molecular weight is 403 g/mol. The van der Waals surface area contributed by atoms with Crippen LogP contribution < -0.4 is 0 Å². The first kappa shape index (κ1) is 27.8. The Hall–Kier alpha value is -0.160. The highest BCUT2D eigenvalue weighted by Crippen LogP contribution is 2.22. The second-order valence-corrected chi connectivity index (χ2v) is 8.61. The molecule has 0 saturated carbocycles. The molecule has 4 heteroatoms. The van der Waals surface area contributed by atoms with Crippen molar-refractivity contribution in [3.63, 3.8) is 0 Å². The van der Waals surface area contributed by atoms with E-state index in [2.05, 4.69) is 0 Å². The van der Waals surface area contributed by atoms with Gasteiger partial charge in [-0.3, -0.25) is 0 Å². The third-order valence-electron chi connectivity index (χ3n) is 5.88. The first-order valence-corrected chi connectivity index (χ1v) is 12.3. The number of aliphatic hydroxyl groups excluding tert-OH is 3. The molecule has 28 heavy (non-hydrogen) atoms. The van der Waals surface area contributed by atoms with Crippen molar-refractivity contribution in [3.05, 3.63) is 0 Å². The number of hydrogen-bond donors (Lipinski definition) is 4. The normalized spacial score (nSPS) is 12.8. The van der Waals surface area contributed by atoms with Crippen LogP contribution in [0.2, 0.25) is 0 Å². The van der Waals surface area contributed by atoms with Crippen molar-refractivity contribution in [3.8, 4) is 0 Å². The molecule has 0 heterocycles. The third kappa shape index (κ3) is 22.1. The van der Waals surface area contributed by atoms with Crippen LogP contribution >= 0.6 is 0 Å². The van der Waals surface area contributed by atoms with Crippen molar-refractivity contribution in [2.75, 3.05) is 13.2 Å². The summed E-state index contributed by atoms with van der Waals surface area (Å²) >= 11 is 0. The fourth-order valence-electron chi connectivity index (χ4n) is 4.04. The van der Waals surface area contributed by atoms with Crippen LogP contribution in [0.15, 0.2) is 0 Å². The first-order valence-electron chi connectivity index (χ1n) is 12.3.